The molecule has 3 aromatic rings. The van der Waals surface area contributed by atoms with Crippen LogP contribution < -0.4 is 10.1 Å². The molecular formula is C20H20FN3O2. The van der Waals surface area contributed by atoms with Gasteiger partial charge in [-0.05, 0) is 30.3 Å². The summed E-state index contributed by atoms with van der Waals surface area (Å²) in [6, 6.07) is 11.9. The number of benzene rings is 2. The molecule has 134 valence electrons. The molecular weight excluding hydrogens is 333 g/mol. The SMILES string of the molecule is COc1cccc(NC(=O)N2CCc3c(c4cc(F)ccc4n3C)C2)c1. The molecule has 0 bridgehead atoms. The number of ether oxygens (including phenoxy) is 1. The number of aryl methyl sites for hydroxylation is 1. The Morgan fingerprint density at radius 3 is 2.88 bits per heavy atom. The van der Waals surface area contributed by atoms with Crippen molar-refractivity contribution in [2.45, 2.75) is 13.0 Å². The Morgan fingerprint density at radius 2 is 2.08 bits per heavy atom. The number of hydrogen-bond donors (Lipinski definition) is 1. The van der Waals surface area contributed by atoms with Crippen molar-refractivity contribution in [3.05, 3.63) is 59.5 Å². The van der Waals surface area contributed by atoms with E-state index in [4.69, 9.17) is 4.74 Å². The quantitative estimate of drug-likeness (QED) is 0.759. The average molecular weight is 353 g/mol. The summed E-state index contributed by atoms with van der Waals surface area (Å²) in [5.74, 6) is 0.428. The predicted octanol–water partition coefficient (Wildman–Crippen LogP) is 3.92. The highest BCUT2D eigenvalue weighted by Crippen LogP contribution is 2.31. The summed E-state index contributed by atoms with van der Waals surface area (Å²) in [4.78, 5) is 14.4. The standard InChI is InChI=1S/C20H20FN3O2/c1-23-18-7-6-13(21)10-16(18)17-12-24(9-8-19(17)23)20(25)22-14-4-3-5-15(11-14)26-2/h3-7,10-11H,8-9,12H2,1-2H3,(H,22,25). The van der Waals surface area contributed by atoms with Crippen LogP contribution in [0.3, 0.4) is 0 Å². The van der Waals surface area contributed by atoms with Gasteiger partial charge in [-0.3, -0.25) is 0 Å². The molecule has 5 nitrogen and oxygen atoms in total. The predicted molar refractivity (Wildman–Crippen MR) is 99.0 cm³/mol. The smallest absolute Gasteiger partial charge is 0.322 e. The third kappa shape index (κ3) is 2.77. The number of amides is 2. The highest BCUT2D eigenvalue weighted by molar-refractivity contribution is 5.91. The van der Waals surface area contributed by atoms with Crippen molar-refractivity contribution >= 4 is 22.6 Å². The minimum Gasteiger partial charge on any atom is -0.497 e. The normalized spacial score (nSPS) is 13.6. The second kappa shape index (κ2) is 6.37. The number of hydrogen-bond acceptors (Lipinski definition) is 2. The molecule has 6 heteroatoms. The molecule has 0 radical (unpaired) electrons. The summed E-state index contributed by atoms with van der Waals surface area (Å²) in [6.07, 6.45) is 0.744. The van der Waals surface area contributed by atoms with Gasteiger partial charge >= 0.3 is 6.03 Å². The van der Waals surface area contributed by atoms with E-state index in [1.807, 2.05) is 25.2 Å². The molecule has 2 amide bonds. The zero-order chi connectivity index (χ0) is 18.3. The summed E-state index contributed by atoms with van der Waals surface area (Å²) in [5, 5.41) is 3.79. The molecule has 1 aliphatic rings. The Labute approximate surface area is 151 Å². The van der Waals surface area contributed by atoms with Crippen molar-refractivity contribution in [2.75, 3.05) is 19.0 Å². The van der Waals surface area contributed by atoms with Gasteiger partial charge < -0.3 is 19.5 Å². The topological polar surface area (TPSA) is 46.5 Å². The lowest BCUT2D eigenvalue weighted by Gasteiger charge is -2.28. The Bertz CT molecular complexity index is 996. The molecule has 0 atom stereocenters. The van der Waals surface area contributed by atoms with E-state index in [1.165, 1.54) is 6.07 Å². The number of fused-ring (bicyclic) bond motifs is 3. The van der Waals surface area contributed by atoms with Gasteiger partial charge in [-0.1, -0.05) is 6.07 Å². The maximum absolute atomic E-state index is 13.7. The minimum atomic E-state index is -0.260. The van der Waals surface area contributed by atoms with E-state index in [1.54, 1.807) is 30.2 Å². The fourth-order valence-electron chi connectivity index (χ4n) is 3.63. The van der Waals surface area contributed by atoms with Gasteiger partial charge in [0.25, 0.3) is 0 Å². The van der Waals surface area contributed by atoms with E-state index < -0.39 is 0 Å². The zero-order valence-electron chi connectivity index (χ0n) is 14.8. The lowest BCUT2D eigenvalue weighted by molar-refractivity contribution is 0.206. The Balaban J connectivity index is 1.59. The second-order valence-electron chi connectivity index (χ2n) is 6.48. The van der Waals surface area contributed by atoms with Crippen LogP contribution in [-0.4, -0.2) is 29.2 Å². The summed E-state index contributed by atoms with van der Waals surface area (Å²) in [5.41, 5.74) is 3.86. The molecule has 0 aliphatic carbocycles. The van der Waals surface area contributed by atoms with E-state index >= 15 is 0 Å². The number of anilines is 1. The zero-order valence-corrected chi connectivity index (χ0v) is 14.8. The van der Waals surface area contributed by atoms with E-state index in [0.717, 1.165) is 28.6 Å². The maximum atomic E-state index is 13.7. The first kappa shape index (κ1) is 16.4. The van der Waals surface area contributed by atoms with Crippen LogP contribution in [0.2, 0.25) is 0 Å². The van der Waals surface area contributed by atoms with Crippen LogP contribution in [0.4, 0.5) is 14.9 Å². The summed E-state index contributed by atoms with van der Waals surface area (Å²) in [6.45, 7) is 1.08. The fraction of sp³-hybridized carbons (Fsp3) is 0.250. The average Bonchev–Trinajstić information content (AvgIpc) is 2.93. The molecule has 1 aliphatic heterocycles. The monoisotopic (exact) mass is 353 g/mol. The molecule has 0 unspecified atom stereocenters. The van der Waals surface area contributed by atoms with Crippen molar-refractivity contribution < 1.29 is 13.9 Å². The van der Waals surface area contributed by atoms with Gasteiger partial charge in [0, 0.05) is 60.5 Å². The Hall–Kier alpha value is -3.02. The lowest BCUT2D eigenvalue weighted by atomic mass is 10.0. The van der Waals surface area contributed by atoms with Crippen molar-refractivity contribution in [2.24, 2.45) is 7.05 Å². The van der Waals surface area contributed by atoms with Gasteiger partial charge in [0.2, 0.25) is 0 Å². The first-order valence-electron chi connectivity index (χ1n) is 8.52. The van der Waals surface area contributed by atoms with Crippen LogP contribution in [0.5, 0.6) is 5.75 Å². The molecule has 26 heavy (non-hydrogen) atoms. The first-order valence-corrected chi connectivity index (χ1v) is 8.52. The van der Waals surface area contributed by atoms with E-state index in [9.17, 15) is 9.18 Å². The largest absolute Gasteiger partial charge is 0.497 e. The van der Waals surface area contributed by atoms with Crippen LogP contribution in [0.1, 0.15) is 11.3 Å². The van der Waals surface area contributed by atoms with Gasteiger partial charge in [-0.15, -0.1) is 0 Å². The molecule has 4 rings (SSSR count). The first-order chi connectivity index (χ1) is 12.6. The summed E-state index contributed by atoms with van der Waals surface area (Å²) < 4.78 is 21.0. The van der Waals surface area contributed by atoms with Crippen LogP contribution >= 0.6 is 0 Å². The number of methoxy groups -OCH3 is 1. The minimum absolute atomic E-state index is 0.169. The molecule has 1 aromatic heterocycles. The van der Waals surface area contributed by atoms with Crippen LogP contribution in [-0.2, 0) is 20.0 Å². The third-order valence-corrected chi connectivity index (χ3v) is 4.97. The number of nitrogens with one attached hydrogen (secondary N) is 1. The van der Waals surface area contributed by atoms with Crippen LogP contribution in [0.15, 0.2) is 42.5 Å². The van der Waals surface area contributed by atoms with E-state index in [-0.39, 0.29) is 11.8 Å². The lowest BCUT2D eigenvalue weighted by Crippen LogP contribution is -2.39. The van der Waals surface area contributed by atoms with Crippen molar-refractivity contribution in [3.8, 4) is 5.75 Å². The van der Waals surface area contributed by atoms with E-state index in [0.29, 0.717) is 24.5 Å². The van der Waals surface area contributed by atoms with Gasteiger partial charge in [0.1, 0.15) is 11.6 Å². The number of carbonyl (C=O) groups excluding carboxylic acids is 1. The van der Waals surface area contributed by atoms with Crippen LogP contribution in [0.25, 0.3) is 10.9 Å². The number of rotatable bonds is 2. The van der Waals surface area contributed by atoms with Gasteiger partial charge in [0.05, 0.1) is 7.11 Å². The van der Waals surface area contributed by atoms with Gasteiger partial charge in [0.15, 0.2) is 0 Å². The summed E-state index contributed by atoms with van der Waals surface area (Å²) >= 11 is 0. The maximum Gasteiger partial charge on any atom is 0.322 e. The molecule has 2 heterocycles. The van der Waals surface area contributed by atoms with Gasteiger partial charge in [-0.25, -0.2) is 9.18 Å². The Kier molecular flexibility index (Phi) is 4.03. The fourth-order valence-corrected chi connectivity index (χ4v) is 3.63. The molecule has 1 N–H and O–H groups in total. The Morgan fingerprint density at radius 1 is 1.23 bits per heavy atom. The number of carbonyl (C=O) groups is 1. The van der Waals surface area contributed by atoms with Crippen LogP contribution in [0, 0.1) is 5.82 Å². The van der Waals surface area contributed by atoms with Crippen molar-refractivity contribution in [1.29, 1.82) is 0 Å². The second-order valence-corrected chi connectivity index (χ2v) is 6.48. The van der Waals surface area contributed by atoms with E-state index in [2.05, 4.69) is 9.88 Å². The number of urea groups is 1. The molecule has 0 saturated carbocycles. The van der Waals surface area contributed by atoms with Crippen molar-refractivity contribution in [1.82, 2.24) is 9.47 Å². The number of halogens is 1. The number of aromatic nitrogens is 1. The van der Waals surface area contributed by atoms with Crippen molar-refractivity contribution in [3.63, 3.8) is 0 Å². The molecule has 0 fully saturated rings. The summed E-state index contributed by atoms with van der Waals surface area (Å²) in [7, 11) is 3.58. The highest BCUT2D eigenvalue weighted by Gasteiger charge is 2.26. The molecule has 2 aromatic carbocycles. The number of nitrogens with zero attached hydrogens (tertiary/aromatic N) is 2. The molecule has 0 spiro atoms. The highest BCUT2D eigenvalue weighted by atomic mass is 19.1. The molecule has 0 saturated heterocycles. The third-order valence-electron chi connectivity index (χ3n) is 4.97. The van der Waals surface area contributed by atoms with Gasteiger partial charge in [-0.2, -0.15) is 0 Å².